The first-order chi connectivity index (χ1) is 7.88. The average molecular weight is 214 g/mol. The van der Waals surface area contributed by atoms with E-state index in [4.69, 9.17) is 5.26 Å². The number of aromatic amines is 1. The minimum Gasteiger partial charge on any atom is -0.383 e. The Morgan fingerprint density at radius 2 is 2.31 bits per heavy atom. The molecule has 0 spiro atoms. The van der Waals surface area contributed by atoms with Crippen LogP contribution < -0.4 is 5.32 Å². The number of hydrogen-bond donors (Lipinski definition) is 2. The Hall–Kier alpha value is -2.42. The second kappa shape index (κ2) is 4.89. The van der Waals surface area contributed by atoms with E-state index >= 15 is 0 Å². The first-order valence-corrected chi connectivity index (χ1v) is 4.83. The van der Waals surface area contributed by atoms with Crippen LogP contribution in [-0.4, -0.2) is 26.7 Å². The lowest BCUT2D eigenvalue weighted by Gasteiger charge is -2.03. The van der Waals surface area contributed by atoms with Gasteiger partial charge >= 0.3 is 0 Å². The maximum absolute atomic E-state index is 8.58. The molecule has 0 bridgehead atoms. The summed E-state index contributed by atoms with van der Waals surface area (Å²) in [6.45, 7) is 0.739. The van der Waals surface area contributed by atoms with Gasteiger partial charge in [0.2, 0.25) is 0 Å². The topological polar surface area (TPSA) is 90.3 Å². The van der Waals surface area contributed by atoms with E-state index in [9.17, 15) is 0 Å². The highest BCUT2D eigenvalue weighted by atomic mass is 15.2. The molecule has 6 heteroatoms. The molecule has 80 valence electrons. The van der Waals surface area contributed by atoms with Crippen LogP contribution in [0, 0.1) is 11.3 Å². The molecule has 0 aliphatic carbocycles. The number of anilines is 1. The van der Waals surface area contributed by atoms with Crippen LogP contribution in [0.25, 0.3) is 0 Å². The Kier molecular flexibility index (Phi) is 3.09. The minimum atomic E-state index is 0.417. The van der Waals surface area contributed by atoms with Crippen LogP contribution in [0.2, 0.25) is 0 Å². The van der Waals surface area contributed by atoms with Gasteiger partial charge in [-0.15, -0.1) is 0 Å². The van der Waals surface area contributed by atoms with Crippen molar-refractivity contribution in [3.05, 3.63) is 36.2 Å². The predicted molar refractivity (Wildman–Crippen MR) is 57.5 cm³/mol. The van der Waals surface area contributed by atoms with E-state index in [2.05, 4.69) is 25.5 Å². The molecule has 0 aliphatic rings. The van der Waals surface area contributed by atoms with Crippen LogP contribution in [0.3, 0.4) is 0 Å². The Bertz CT molecular complexity index is 467. The maximum atomic E-state index is 8.58. The molecule has 2 heterocycles. The Morgan fingerprint density at radius 1 is 1.38 bits per heavy atom. The summed E-state index contributed by atoms with van der Waals surface area (Å²) >= 11 is 0. The van der Waals surface area contributed by atoms with Crippen molar-refractivity contribution in [2.24, 2.45) is 0 Å². The molecular weight excluding hydrogens is 204 g/mol. The summed E-state index contributed by atoms with van der Waals surface area (Å²) < 4.78 is 0. The molecule has 2 rings (SSSR count). The molecule has 16 heavy (non-hydrogen) atoms. The van der Waals surface area contributed by atoms with Gasteiger partial charge in [-0.2, -0.15) is 10.4 Å². The molecule has 2 aromatic rings. The van der Waals surface area contributed by atoms with Crippen LogP contribution in [0.4, 0.5) is 5.69 Å². The predicted octanol–water partition coefficient (Wildman–Crippen LogP) is 0.726. The minimum absolute atomic E-state index is 0.417. The van der Waals surface area contributed by atoms with Crippen molar-refractivity contribution >= 4 is 5.69 Å². The van der Waals surface area contributed by atoms with Crippen LogP contribution in [0.5, 0.6) is 0 Å². The maximum Gasteiger partial charge on any atom is 0.140 e. The fourth-order valence-electron chi connectivity index (χ4n) is 1.24. The van der Waals surface area contributed by atoms with Crippen LogP contribution in [0.15, 0.2) is 24.7 Å². The molecule has 6 nitrogen and oxygen atoms in total. The molecule has 0 saturated heterocycles. The largest absolute Gasteiger partial charge is 0.383 e. The normalized spacial score (nSPS) is 9.69. The lowest BCUT2D eigenvalue weighted by atomic mass is 10.3. The van der Waals surface area contributed by atoms with Crippen molar-refractivity contribution in [3.63, 3.8) is 0 Å². The lowest BCUT2D eigenvalue weighted by Crippen LogP contribution is -2.06. The van der Waals surface area contributed by atoms with E-state index in [1.807, 2.05) is 12.1 Å². The number of hydrogen-bond acceptors (Lipinski definition) is 5. The van der Waals surface area contributed by atoms with Gasteiger partial charge in [-0.3, -0.25) is 5.10 Å². The number of nitrogens with one attached hydrogen (secondary N) is 2. The van der Waals surface area contributed by atoms with E-state index in [1.165, 1.54) is 6.33 Å². The van der Waals surface area contributed by atoms with Crippen molar-refractivity contribution in [2.75, 3.05) is 11.9 Å². The molecule has 0 radical (unpaired) electrons. The van der Waals surface area contributed by atoms with Gasteiger partial charge < -0.3 is 5.32 Å². The molecule has 0 aromatic carbocycles. The monoisotopic (exact) mass is 214 g/mol. The molecule has 2 aromatic heterocycles. The molecule has 0 fully saturated rings. The number of nitrogens with zero attached hydrogens (tertiary/aromatic N) is 4. The van der Waals surface area contributed by atoms with E-state index in [1.54, 1.807) is 12.3 Å². The Labute approximate surface area is 92.4 Å². The first kappa shape index (κ1) is 10.1. The van der Waals surface area contributed by atoms with Gasteiger partial charge in [-0.1, -0.05) is 0 Å². The molecular formula is C10H10N6. The average Bonchev–Trinajstić information content (AvgIpc) is 2.83. The van der Waals surface area contributed by atoms with E-state index in [-0.39, 0.29) is 0 Å². The highest BCUT2D eigenvalue weighted by Gasteiger charge is 1.96. The summed E-state index contributed by atoms with van der Waals surface area (Å²) in [7, 11) is 0. The Balaban J connectivity index is 1.83. The summed E-state index contributed by atoms with van der Waals surface area (Å²) in [6.07, 6.45) is 3.89. The zero-order chi connectivity index (χ0) is 11.2. The van der Waals surface area contributed by atoms with E-state index in [0.29, 0.717) is 5.69 Å². The van der Waals surface area contributed by atoms with Gasteiger partial charge in [0.15, 0.2) is 0 Å². The fraction of sp³-hybridized carbons (Fsp3) is 0.200. The first-order valence-electron chi connectivity index (χ1n) is 4.83. The zero-order valence-corrected chi connectivity index (χ0v) is 8.51. The van der Waals surface area contributed by atoms with Crippen LogP contribution in [0.1, 0.15) is 11.5 Å². The molecule has 0 amide bonds. The van der Waals surface area contributed by atoms with Gasteiger partial charge in [0.25, 0.3) is 0 Å². The van der Waals surface area contributed by atoms with Gasteiger partial charge in [-0.25, -0.2) is 9.97 Å². The third-order valence-corrected chi connectivity index (χ3v) is 2.03. The van der Waals surface area contributed by atoms with Crippen molar-refractivity contribution in [1.82, 2.24) is 20.2 Å². The fourth-order valence-corrected chi connectivity index (χ4v) is 1.24. The third-order valence-electron chi connectivity index (χ3n) is 2.03. The number of rotatable bonds is 4. The van der Waals surface area contributed by atoms with Crippen LogP contribution >= 0.6 is 0 Å². The van der Waals surface area contributed by atoms with Crippen molar-refractivity contribution < 1.29 is 0 Å². The summed E-state index contributed by atoms with van der Waals surface area (Å²) in [5.41, 5.74) is 1.30. The molecule has 0 aliphatic heterocycles. The SMILES string of the molecule is N#Cc1ccc(NCCc2ncn[nH]2)cn1. The third kappa shape index (κ3) is 2.54. The summed E-state index contributed by atoms with van der Waals surface area (Å²) in [6, 6.07) is 5.47. The molecule has 0 atom stereocenters. The summed E-state index contributed by atoms with van der Waals surface area (Å²) in [5, 5.41) is 18.3. The smallest absolute Gasteiger partial charge is 0.140 e. The Morgan fingerprint density at radius 3 is 2.94 bits per heavy atom. The highest BCUT2D eigenvalue weighted by molar-refractivity contribution is 5.42. The molecule has 2 N–H and O–H groups in total. The standard InChI is InChI=1S/C10H10N6/c11-5-8-1-2-9(6-13-8)12-4-3-10-14-7-15-16-10/h1-2,6-7,12H,3-4H2,(H,14,15,16). The lowest BCUT2D eigenvalue weighted by molar-refractivity contribution is 0.900. The van der Waals surface area contributed by atoms with E-state index < -0.39 is 0 Å². The highest BCUT2D eigenvalue weighted by Crippen LogP contribution is 2.05. The summed E-state index contributed by atoms with van der Waals surface area (Å²) in [4.78, 5) is 7.96. The van der Waals surface area contributed by atoms with Gasteiger partial charge in [0.1, 0.15) is 23.9 Å². The van der Waals surface area contributed by atoms with Gasteiger partial charge in [0.05, 0.1) is 11.9 Å². The second-order valence-electron chi connectivity index (χ2n) is 3.15. The summed E-state index contributed by atoms with van der Waals surface area (Å²) in [5.74, 6) is 0.842. The van der Waals surface area contributed by atoms with Gasteiger partial charge in [-0.05, 0) is 12.1 Å². The van der Waals surface area contributed by atoms with Crippen molar-refractivity contribution in [2.45, 2.75) is 6.42 Å². The van der Waals surface area contributed by atoms with E-state index in [0.717, 1.165) is 24.5 Å². The van der Waals surface area contributed by atoms with Crippen molar-refractivity contribution in [1.29, 1.82) is 5.26 Å². The van der Waals surface area contributed by atoms with Gasteiger partial charge in [0, 0.05) is 13.0 Å². The number of nitriles is 1. The van der Waals surface area contributed by atoms with Crippen molar-refractivity contribution in [3.8, 4) is 6.07 Å². The zero-order valence-electron chi connectivity index (χ0n) is 8.51. The van der Waals surface area contributed by atoms with Crippen LogP contribution in [-0.2, 0) is 6.42 Å². The quantitative estimate of drug-likeness (QED) is 0.782. The number of pyridine rings is 1. The second-order valence-corrected chi connectivity index (χ2v) is 3.15. The number of H-pyrrole nitrogens is 1. The molecule has 0 saturated carbocycles. The number of aromatic nitrogens is 4. The molecule has 0 unspecified atom stereocenters.